The minimum Gasteiger partial charge on any atom is -0.497 e. The largest absolute Gasteiger partial charge is 0.497 e. The Hall–Kier alpha value is -3.87. The Morgan fingerprint density at radius 3 is 2.32 bits per heavy atom. The van der Waals surface area contributed by atoms with Crippen molar-refractivity contribution in [1.29, 1.82) is 0 Å². The van der Waals surface area contributed by atoms with E-state index in [1.807, 2.05) is 67.6 Å². The van der Waals surface area contributed by atoms with Crippen molar-refractivity contribution in [2.75, 3.05) is 14.2 Å². The second-order valence-corrected chi connectivity index (χ2v) is 8.45. The van der Waals surface area contributed by atoms with Gasteiger partial charge in [-0.3, -0.25) is 14.9 Å². The van der Waals surface area contributed by atoms with Gasteiger partial charge in [-0.25, -0.2) is 0 Å². The molecule has 7 nitrogen and oxygen atoms in total. The van der Waals surface area contributed by atoms with Crippen molar-refractivity contribution in [3.63, 3.8) is 0 Å². The van der Waals surface area contributed by atoms with Crippen LogP contribution in [0.25, 0.3) is 0 Å². The normalized spacial score (nSPS) is 19.9. The molecule has 0 saturated carbocycles. The van der Waals surface area contributed by atoms with Crippen LogP contribution in [0.4, 0.5) is 0 Å². The van der Waals surface area contributed by atoms with Gasteiger partial charge in [-0.2, -0.15) is 0 Å². The van der Waals surface area contributed by atoms with E-state index in [0.29, 0.717) is 17.1 Å². The maximum Gasteiger partial charge on any atom is 0.306 e. The Morgan fingerprint density at radius 1 is 1.03 bits per heavy atom. The van der Waals surface area contributed by atoms with E-state index in [1.54, 1.807) is 19.2 Å². The number of methoxy groups -OCH3 is 2. The van der Waals surface area contributed by atoms with Gasteiger partial charge in [0.15, 0.2) is 6.10 Å². The first-order valence-electron chi connectivity index (χ1n) is 11.1. The number of hydrogen-bond donors (Lipinski definition) is 0. The Bertz CT molecular complexity index is 1160. The van der Waals surface area contributed by atoms with Crippen molar-refractivity contribution in [3.05, 3.63) is 105 Å². The highest BCUT2D eigenvalue weighted by Crippen LogP contribution is 2.50. The predicted molar refractivity (Wildman–Crippen MR) is 127 cm³/mol. The fourth-order valence-corrected chi connectivity index (χ4v) is 4.73. The molecule has 1 heterocycles. The molecule has 0 radical (unpaired) electrons. The van der Waals surface area contributed by atoms with Crippen LogP contribution in [-0.2, 0) is 9.53 Å². The van der Waals surface area contributed by atoms with E-state index in [9.17, 15) is 14.9 Å². The number of nitro groups is 1. The number of rotatable bonds is 7. The topological polar surface area (TPSA) is 87.9 Å². The third-order valence-electron chi connectivity index (χ3n) is 6.45. The summed E-state index contributed by atoms with van der Waals surface area (Å²) in [4.78, 5) is 24.8. The summed E-state index contributed by atoms with van der Waals surface area (Å²) >= 11 is 0. The molecule has 4 atom stereocenters. The van der Waals surface area contributed by atoms with E-state index in [-0.39, 0.29) is 11.3 Å². The first-order valence-corrected chi connectivity index (χ1v) is 11.1. The lowest BCUT2D eigenvalue weighted by molar-refractivity contribution is -0.541. The zero-order valence-corrected chi connectivity index (χ0v) is 19.3. The van der Waals surface area contributed by atoms with Crippen LogP contribution in [0.3, 0.4) is 0 Å². The minimum atomic E-state index is -1.12. The lowest BCUT2D eigenvalue weighted by Gasteiger charge is -2.38. The van der Waals surface area contributed by atoms with Crippen LogP contribution in [0.2, 0.25) is 0 Å². The summed E-state index contributed by atoms with van der Waals surface area (Å²) in [6.07, 6.45) is -0.818. The van der Waals surface area contributed by atoms with Crippen LogP contribution in [0.1, 0.15) is 46.6 Å². The molecule has 0 aromatic heterocycles. The van der Waals surface area contributed by atoms with Crippen molar-refractivity contribution >= 4 is 5.97 Å². The van der Waals surface area contributed by atoms with Crippen molar-refractivity contribution in [1.82, 2.24) is 0 Å². The molecule has 0 spiro atoms. The molecule has 3 aromatic carbocycles. The fraction of sp³-hybridized carbons (Fsp3) is 0.296. The van der Waals surface area contributed by atoms with Crippen molar-refractivity contribution in [2.45, 2.75) is 37.3 Å². The monoisotopic (exact) mass is 461 g/mol. The highest BCUT2D eigenvalue weighted by molar-refractivity contribution is 5.71. The molecule has 4 rings (SSSR count). The summed E-state index contributed by atoms with van der Waals surface area (Å²) in [6, 6.07) is 21.1. The number of benzene rings is 3. The zero-order valence-electron chi connectivity index (χ0n) is 19.3. The first-order chi connectivity index (χ1) is 16.4. The molecule has 3 aromatic rings. The lowest BCUT2D eigenvalue weighted by atomic mass is 9.71. The fourth-order valence-electron chi connectivity index (χ4n) is 4.73. The standard InChI is InChI=1S/C27H27NO6/c1-17-8-10-19(11-9-17)27-26(28(30)31)25(21-6-4-5-7-23(21)34-27)22(16-24(29)33-3)18-12-14-20(32-2)15-13-18/h4-15,22,25-27H,16H2,1-3H3/t22-,25+,26+,27+/m1/s1. The Kier molecular flexibility index (Phi) is 6.82. The van der Waals surface area contributed by atoms with Gasteiger partial charge in [0.1, 0.15) is 11.5 Å². The summed E-state index contributed by atoms with van der Waals surface area (Å²) in [5.41, 5.74) is 3.27. The van der Waals surface area contributed by atoms with Crippen LogP contribution < -0.4 is 9.47 Å². The first kappa shape index (κ1) is 23.3. The van der Waals surface area contributed by atoms with Gasteiger partial charge in [-0.1, -0.05) is 60.2 Å². The summed E-state index contributed by atoms with van der Waals surface area (Å²) in [5.74, 6) is -0.319. The van der Waals surface area contributed by atoms with Crippen molar-refractivity contribution in [2.24, 2.45) is 0 Å². The van der Waals surface area contributed by atoms with Crippen LogP contribution >= 0.6 is 0 Å². The van der Waals surface area contributed by atoms with Gasteiger partial charge in [0.2, 0.25) is 0 Å². The third kappa shape index (κ3) is 4.59. The second-order valence-electron chi connectivity index (χ2n) is 8.45. The number of ether oxygens (including phenoxy) is 3. The number of carbonyl (C=O) groups excluding carboxylic acids is 1. The van der Waals surface area contributed by atoms with Gasteiger partial charge in [-0.15, -0.1) is 0 Å². The number of carbonyl (C=O) groups is 1. The molecule has 176 valence electrons. The molecule has 0 amide bonds. The molecule has 0 fully saturated rings. The quantitative estimate of drug-likeness (QED) is 0.273. The van der Waals surface area contributed by atoms with E-state index >= 15 is 0 Å². The minimum absolute atomic E-state index is 0.00716. The summed E-state index contributed by atoms with van der Waals surface area (Å²) < 4.78 is 16.5. The SMILES string of the molecule is COC(=O)C[C@H](c1ccc(OC)cc1)[C@@H]1c2ccccc2O[C@@H](c2ccc(C)cc2)[C@H]1[N+](=O)[O-]. The Labute approximate surface area is 198 Å². The van der Waals surface area contributed by atoms with Crippen LogP contribution in [-0.4, -0.2) is 31.2 Å². The van der Waals surface area contributed by atoms with Gasteiger partial charge >= 0.3 is 5.97 Å². The number of hydrogen-bond acceptors (Lipinski definition) is 6. The van der Waals surface area contributed by atoms with Crippen LogP contribution in [0, 0.1) is 17.0 Å². The molecule has 1 aliphatic heterocycles. The van der Waals surface area contributed by atoms with E-state index in [2.05, 4.69) is 0 Å². The van der Waals surface area contributed by atoms with Gasteiger partial charge < -0.3 is 14.2 Å². The van der Waals surface area contributed by atoms with E-state index in [4.69, 9.17) is 14.2 Å². The number of aryl methyl sites for hydroxylation is 1. The molecule has 34 heavy (non-hydrogen) atoms. The Morgan fingerprint density at radius 2 is 1.71 bits per heavy atom. The smallest absolute Gasteiger partial charge is 0.306 e. The van der Waals surface area contributed by atoms with Crippen LogP contribution in [0.15, 0.2) is 72.8 Å². The molecular weight excluding hydrogens is 434 g/mol. The molecule has 1 aliphatic rings. The highest BCUT2D eigenvalue weighted by Gasteiger charge is 2.51. The van der Waals surface area contributed by atoms with Crippen molar-refractivity contribution in [3.8, 4) is 11.5 Å². The summed E-state index contributed by atoms with van der Waals surface area (Å²) in [7, 11) is 2.90. The number of para-hydroxylation sites is 1. The predicted octanol–water partition coefficient (Wildman–Crippen LogP) is 5.21. The molecular formula is C27H27NO6. The maximum atomic E-state index is 12.6. The van der Waals surface area contributed by atoms with E-state index < -0.39 is 30.0 Å². The van der Waals surface area contributed by atoms with Crippen LogP contribution in [0.5, 0.6) is 11.5 Å². The summed E-state index contributed by atoms with van der Waals surface area (Å²) in [5, 5.41) is 12.6. The lowest BCUT2D eigenvalue weighted by Crippen LogP contribution is -2.43. The average molecular weight is 462 g/mol. The second kappa shape index (κ2) is 9.95. The molecule has 0 bridgehead atoms. The molecule has 0 N–H and O–H groups in total. The summed E-state index contributed by atoms with van der Waals surface area (Å²) in [6.45, 7) is 1.96. The average Bonchev–Trinajstić information content (AvgIpc) is 2.86. The van der Waals surface area contributed by atoms with E-state index in [0.717, 1.165) is 16.7 Å². The zero-order chi connectivity index (χ0) is 24.2. The van der Waals surface area contributed by atoms with Gasteiger partial charge in [-0.05, 0) is 36.2 Å². The van der Waals surface area contributed by atoms with Crippen molar-refractivity contribution < 1.29 is 23.9 Å². The van der Waals surface area contributed by atoms with E-state index in [1.165, 1.54) is 7.11 Å². The molecule has 0 unspecified atom stereocenters. The number of esters is 1. The van der Waals surface area contributed by atoms with Gasteiger partial charge in [0, 0.05) is 16.4 Å². The Balaban J connectivity index is 1.89. The molecule has 7 heteroatoms. The molecule has 0 aliphatic carbocycles. The highest BCUT2D eigenvalue weighted by atomic mass is 16.6. The number of nitrogens with zero attached hydrogens (tertiary/aromatic N) is 1. The maximum absolute atomic E-state index is 12.6. The number of fused-ring (bicyclic) bond motifs is 1. The third-order valence-corrected chi connectivity index (χ3v) is 6.45. The molecule has 0 saturated heterocycles. The van der Waals surface area contributed by atoms with Gasteiger partial charge in [0.05, 0.1) is 26.6 Å². The van der Waals surface area contributed by atoms with Gasteiger partial charge in [0.25, 0.3) is 6.04 Å².